The SMILES string of the molecule is CS(C)(=O)=Nc1ncc([N+](=O)[O-])cc1Cl. The smallest absolute Gasteiger partial charge is 0.258 e. The van der Waals surface area contributed by atoms with E-state index in [1.807, 2.05) is 0 Å². The second-order valence-corrected chi connectivity index (χ2v) is 5.98. The third-order valence-corrected chi connectivity index (χ3v) is 2.22. The summed E-state index contributed by atoms with van der Waals surface area (Å²) in [7, 11) is -2.37. The van der Waals surface area contributed by atoms with Gasteiger partial charge in [0.2, 0.25) is 0 Å². The number of halogens is 1. The van der Waals surface area contributed by atoms with Crippen LogP contribution in [0, 0.1) is 10.1 Å². The molecule has 0 aromatic carbocycles. The second-order valence-electron chi connectivity index (χ2n) is 3.03. The zero-order chi connectivity index (χ0) is 11.6. The molecule has 0 unspecified atom stereocenters. The van der Waals surface area contributed by atoms with E-state index in [0.29, 0.717) is 0 Å². The van der Waals surface area contributed by atoms with Crippen LogP contribution < -0.4 is 0 Å². The zero-order valence-electron chi connectivity index (χ0n) is 8.01. The van der Waals surface area contributed by atoms with Gasteiger partial charge in [-0.25, -0.2) is 9.19 Å². The fourth-order valence-electron chi connectivity index (χ4n) is 0.796. The number of nitro groups is 1. The molecule has 0 aliphatic carbocycles. The summed E-state index contributed by atoms with van der Waals surface area (Å²) in [4.78, 5) is 13.4. The summed E-state index contributed by atoms with van der Waals surface area (Å²) in [6.45, 7) is 0. The highest BCUT2D eigenvalue weighted by Gasteiger charge is 2.10. The van der Waals surface area contributed by atoms with Gasteiger partial charge >= 0.3 is 0 Å². The van der Waals surface area contributed by atoms with E-state index in [1.54, 1.807) is 0 Å². The van der Waals surface area contributed by atoms with Gasteiger partial charge in [-0.05, 0) is 0 Å². The molecule has 1 rings (SSSR count). The normalized spacial score (nSPS) is 11.1. The van der Waals surface area contributed by atoms with Crippen molar-refractivity contribution in [2.24, 2.45) is 4.36 Å². The second kappa shape index (κ2) is 4.11. The van der Waals surface area contributed by atoms with Crippen LogP contribution in [0.25, 0.3) is 0 Å². The fourth-order valence-corrected chi connectivity index (χ4v) is 1.61. The van der Waals surface area contributed by atoms with E-state index in [4.69, 9.17) is 11.6 Å². The van der Waals surface area contributed by atoms with Crippen molar-refractivity contribution in [3.8, 4) is 0 Å². The maximum atomic E-state index is 11.3. The van der Waals surface area contributed by atoms with Crippen molar-refractivity contribution in [2.75, 3.05) is 12.5 Å². The summed E-state index contributed by atoms with van der Waals surface area (Å²) in [5, 5.41) is 10.4. The Kier molecular flexibility index (Phi) is 3.25. The summed E-state index contributed by atoms with van der Waals surface area (Å²) in [6, 6.07) is 1.12. The lowest BCUT2D eigenvalue weighted by molar-refractivity contribution is -0.385. The molecule has 0 radical (unpaired) electrons. The highest BCUT2D eigenvalue weighted by atomic mass is 35.5. The quantitative estimate of drug-likeness (QED) is 0.593. The number of rotatable bonds is 2. The van der Waals surface area contributed by atoms with Gasteiger partial charge in [-0.15, -0.1) is 0 Å². The number of nitrogens with zero attached hydrogens (tertiary/aromatic N) is 3. The van der Waals surface area contributed by atoms with Gasteiger partial charge in [0.1, 0.15) is 6.20 Å². The van der Waals surface area contributed by atoms with Crippen LogP contribution in [-0.2, 0) is 9.73 Å². The highest BCUT2D eigenvalue weighted by molar-refractivity contribution is 7.92. The first kappa shape index (κ1) is 11.9. The summed E-state index contributed by atoms with van der Waals surface area (Å²) < 4.78 is 15.1. The number of hydrogen-bond donors (Lipinski definition) is 0. The van der Waals surface area contributed by atoms with Gasteiger partial charge in [0.25, 0.3) is 5.69 Å². The first-order chi connectivity index (χ1) is 6.79. The predicted octanol–water partition coefficient (Wildman–Crippen LogP) is 2.00. The van der Waals surface area contributed by atoms with Crippen molar-refractivity contribution in [3.63, 3.8) is 0 Å². The van der Waals surface area contributed by atoms with E-state index in [2.05, 4.69) is 9.35 Å². The molecule has 0 bridgehead atoms. The molecule has 15 heavy (non-hydrogen) atoms. The summed E-state index contributed by atoms with van der Waals surface area (Å²) in [5.74, 6) is 0.0530. The van der Waals surface area contributed by atoms with E-state index in [9.17, 15) is 14.3 Å². The third-order valence-electron chi connectivity index (χ3n) is 1.32. The van der Waals surface area contributed by atoms with Crippen molar-refractivity contribution >= 4 is 32.8 Å². The van der Waals surface area contributed by atoms with Crippen LogP contribution in [0.4, 0.5) is 11.5 Å². The lowest BCUT2D eigenvalue weighted by Crippen LogP contribution is -1.92. The van der Waals surface area contributed by atoms with Crippen LogP contribution in [0.15, 0.2) is 16.6 Å². The van der Waals surface area contributed by atoms with Gasteiger partial charge in [-0.1, -0.05) is 11.6 Å². The van der Waals surface area contributed by atoms with Crippen LogP contribution in [0.2, 0.25) is 5.02 Å². The van der Waals surface area contributed by atoms with Crippen molar-refractivity contribution in [1.29, 1.82) is 0 Å². The average molecular weight is 250 g/mol. The first-order valence-corrected chi connectivity index (χ1v) is 6.47. The molecule has 0 amide bonds. The Bertz CT molecular complexity index is 514. The van der Waals surface area contributed by atoms with Crippen molar-refractivity contribution in [1.82, 2.24) is 4.98 Å². The molecule has 0 saturated heterocycles. The predicted molar refractivity (Wildman–Crippen MR) is 58.0 cm³/mol. The molecule has 0 spiro atoms. The Morgan fingerprint density at radius 3 is 2.60 bits per heavy atom. The molecule has 8 heteroatoms. The maximum Gasteiger partial charge on any atom is 0.289 e. The van der Waals surface area contributed by atoms with Gasteiger partial charge < -0.3 is 0 Å². The van der Waals surface area contributed by atoms with E-state index < -0.39 is 14.7 Å². The average Bonchev–Trinajstić information content (AvgIpc) is 2.05. The minimum Gasteiger partial charge on any atom is -0.258 e. The molecule has 1 aromatic rings. The number of pyridine rings is 1. The number of hydrogen-bond acceptors (Lipinski definition) is 5. The van der Waals surface area contributed by atoms with Crippen LogP contribution >= 0.6 is 11.6 Å². The van der Waals surface area contributed by atoms with Crippen molar-refractivity contribution < 1.29 is 9.13 Å². The number of aromatic nitrogens is 1. The standard InChI is InChI=1S/C7H8ClN3O3S/c1-15(2,14)10-7-6(8)3-5(4-9-7)11(12)13/h3-4H,1-2H3. The van der Waals surface area contributed by atoms with E-state index in [0.717, 1.165) is 12.3 Å². The van der Waals surface area contributed by atoms with Crippen LogP contribution in [0.3, 0.4) is 0 Å². The first-order valence-electron chi connectivity index (χ1n) is 3.76. The summed E-state index contributed by atoms with van der Waals surface area (Å²) in [6.07, 6.45) is 3.87. The van der Waals surface area contributed by atoms with Crippen LogP contribution in [0.1, 0.15) is 0 Å². The summed E-state index contributed by atoms with van der Waals surface area (Å²) >= 11 is 5.69. The van der Waals surface area contributed by atoms with Gasteiger partial charge in [0, 0.05) is 28.3 Å². The van der Waals surface area contributed by atoms with Crippen LogP contribution in [-0.4, -0.2) is 26.6 Å². The van der Waals surface area contributed by atoms with Gasteiger partial charge in [-0.2, -0.15) is 4.36 Å². The molecule has 1 heterocycles. The summed E-state index contributed by atoms with van der Waals surface area (Å²) in [5.41, 5.74) is -0.224. The molecule has 0 fully saturated rings. The Morgan fingerprint density at radius 2 is 2.20 bits per heavy atom. The lowest BCUT2D eigenvalue weighted by atomic mass is 10.4. The molecule has 0 N–H and O–H groups in total. The monoisotopic (exact) mass is 249 g/mol. The van der Waals surface area contributed by atoms with Gasteiger partial charge in [-0.3, -0.25) is 10.1 Å². The minimum absolute atomic E-state index is 0.0145. The third kappa shape index (κ3) is 3.45. The largest absolute Gasteiger partial charge is 0.289 e. The molecular weight excluding hydrogens is 242 g/mol. The molecule has 0 atom stereocenters. The van der Waals surface area contributed by atoms with Gasteiger partial charge in [0.15, 0.2) is 5.82 Å². The molecule has 0 aliphatic rings. The fraction of sp³-hybridized carbons (Fsp3) is 0.286. The van der Waals surface area contributed by atoms with Crippen molar-refractivity contribution in [2.45, 2.75) is 0 Å². The van der Waals surface area contributed by atoms with E-state index in [-0.39, 0.29) is 16.5 Å². The Hall–Kier alpha value is -1.21. The Morgan fingerprint density at radius 1 is 1.60 bits per heavy atom. The molecule has 1 aromatic heterocycles. The topological polar surface area (TPSA) is 85.5 Å². The van der Waals surface area contributed by atoms with E-state index in [1.165, 1.54) is 12.5 Å². The van der Waals surface area contributed by atoms with Crippen LogP contribution in [0.5, 0.6) is 0 Å². The van der Waals surface area contributed by atoms with Crippen molar-refractivity contribution in [3.05, 3.63) is 27.4 Å². The van der Waals surface area contributed by atoms with Gasteiger partial charge in [0.05, 0.1) is 9.95 Å². The lowest BCUT2D eigenvalue weighted by Gasteiger charge is -1.98. The minimum atomic E-state index is -2.37. The Balaban J connectivity index is 3.27. The maximum absolute atomic E-state index is 11.3. The Labute approximate surface area is 91.6 Å². The van der Waals surface area contributed by atoms with E-state index >= 15 is 0 Å². The molecular formula is C7H8ClN3O3S. The zero-order valence-corrected chi connectivity index (χ0v) is 9.58. The molecule has 6 nitrogen and oxygen atoms in total. The molecule has 0 saturated carbocycles. The highest BCUT2D eigenvalue weighted by Crippen LogP contribution is 2.26. The molecule has 82 valence electrons. The molecule has 0 aliphatic heterocycles.